The second-order valence-electron chi connectivity index (χ2n) is 5.74. The van der Waals surface area contributed by atoms with Gasteiger partial charge in [-0.2, -0.15) is 4.98 Å². The van der Waals surface area contributed by atoms with E-state index < -0.39 is 0 Å². The molecular formula is C15H23N5O. The molecule has 6 nitrogen and oxygen atoms in total. The lowest BCUT2D eigenvalue weighted by Crippen LogP contribution is -2.44. The zero-order valence-corrected chi connectivity index (χ0v) is 12.8. The highest BCUT2D eigenvalue weighted by atomic mass is 16.5. The van der Waals surface area contributed by atoms with E-state index >= 15 is 0 Å². The lowest BCUT2D eigenvalue weighted by molar-refractivity contribution is 0.398. The summed E-state index contributed by atoms with van der Waals surface area (Å²) in [6.07, 6.45) is 6.48. The van der Waals surface area contributed by atoms with Gasteiger partial charge in [-0.25, -0.2) is 4.98 Å². The second-order valence-corrected chi connectivity index (χ2v) is 5.74. The summed E-state index contributed by atoms with van der Waals surface area (Å²) >= 11 is 0. The topological polar surface area (TPSA) is 67.1 Å². The summed E-state index contributed by atoms with van der Waals surface area (Å²) in [5.74, 6) is 0.952. The summed E-state index contributed by atoms with van der Waals surface area (Å²) in [6, 6.07) is 0.537. The second kappa shape index (κ2) is 6.39. The minimum absolute atomic E-state index is 0.537. The van der Waals surface area contributed by atoms with Gasteiger partial charge in [-0.15, -0.1) is 0 Å². The first-order valence-electron chi connectivity index (χ1n) is 7.85. The number of rotatable bonds is 5. The summed E-state index contributed by atoms with van der Waals surface area (Å²) in [7, 11) is 0. The molecule has 0 aromatic carbocycles. The van der Waals surface area contributed by atoms with Gasteiger partial charge in [-0.05, 0) is 32.7 Å². The van der Waals surface area contributed by atoms with Crippen molar-refractivity contribution in [3.63, 3.8) is 0 Å². The maximum Gasteiger partial charge on any atom is 0.263 e. The summed E-state index contributed by atoms with van der Waals surface area (Å²) in [6.45, 7) is 7.22. The third-order valence-corrected chi connectivity index (χ3v) is 4.07. The highest BCUT2D eigenvalue weighted by Crippen LogP contribution is 2.26. The third kappa shape index (κ3) is 3.00. The minimum atomic E-state index is 0.537. The van der Waals surface area contributed by atoms with Crippen LogP contribution < -0.4 is 10.2 Å². The largest absolute Gasteiger partial charge is 0.354 e. The van der Waals surface area contributed by atoms with Crippen LogP contribution >= 0.6 is 0 Å². The molecule has 6 heteroatoms. The van der Waals surface area contributed by atoms with Crippen LogP contribution in [0, 0.1) is 6.92 Å². The molecule has 2 aromatic rings. The van der Waals surface area contributed by atoms with Gasteiger partial charge in [0.1, 0.15) is 17.5 Å². The van der Waals surface area contributed by atoms with Crippen LogP contribution in [0.15, 0.2) is 10.9 Å². The predicted octanol–water partition coefficient (Wildman–Crippen LogP) is 2.28. The van der Waals surface area contributed by atoms with Crippen molar-refractivity contribution in [2.24, 2.45) is 0 Å². The van der Waals surface area contributed by atoms with Gasteiger partial charge in [0.25, 0.3) is 5.71 Å². The standard InChI is InChI=1S/C15H23N5O/c1-3-8-20(9-12-6-4-5-7-16-12)14-13-11(2)19-21-15(13)18-10-17-14/h10,12,16H,3-9H2,1-2H3. The number of anilines is 1. The molecule has 1 fully saturated rings. The molecule has 0 radical (unpaired) electrons. The van der Waals surface area contributed by atoms with Crippen LogP contribution in [-0.4, -0.2) is 40.8 Å². The number of fused-ring (bicyclic) bond motifs is 1. The van der Waals surface area contributed by atoms with Crippen LogP contribution in [0.4, 0.5) is 5.82 Å². The number of hydrogen-bond donors (Lipinski definition) is 1. The Morgan fingerprint density at radius 3 is 3.05 bits per heavy atom. The van der Waals surface area contributed by atoms with E-state index in [0.29, 0.717) is 11.8 Å². The maximum absolute atomic E-state index is 5.26. The zero-order chi connectivity index (χ0) is 14.7. The van der Waals surface area contributed by atoms with Gasteiger partial charge < -0.3 is 14.7 Å². The maximum atomic E-state index is 5.26. The van der Waals surface area contributed by atoms with Gasteiger partial charge >= 0.3 is 0 Å². The summed E-state index contributed by atoms with van der Waals surface area (Å²) in [4.78, 5) is 11.0. The number of hydrogen-bond acceptors (Lipinski definition) is 6. The van der Waals surface area contributed by atoms with E-state index in [4.69, 9.17) is 4.52 Å². The van der Waals surface area contributed by atoms with Crippen LogP contribution in [-0.2, 0) is 0 Å². The molecule has 1 saturated heterocycles. The highest BCUT2D eigenvalue weighted by molar-refractivity contribution is 5.87. The zero-order valence-electron chi connectivity index (χ0n) is 12.8. The summed E-state index contributed by atoms with van der Waals surface area (Å²) < 4.78 is 5.26. The molecule has 0 saturated carbocycles. The van der Waals surface area contributed by atoms with Gasteiger partial charge in [0, 0.05) is 19.1 Å². The molecular weight excluding hydrogens is 266 g/mol. The van der Waals surface area contributed by atoms with Crippen molar-refractivity contribution in [2.75, 3.05) is 24.5 Å². The molecule has 0 aliphatic carbocycles. The molecule has 0 spiro atoms. The Hall–Kier alpha value is -1.69. The molecule has 0 amide bonds. The van der Waals surface area contributed by atoms with Crippen LogP contribution in [0.1, 0.15) is 38.3 Å². The van der Waals surface area contributed by atoms with E-state index in [1.54, 1.807) is 6.33 Å². The van der Waals surface area contributed by atoms with Crippen LogP contribution in [0.2, 0.25) is 0 Å². The Morgan fingerprint density at radius 1 is 1.38 bits per heavy atom. The van der Waals surface area contributed by atoms with Gasteiger partial charge in [0.15, 0.2) is 0 Å². The van der Waals surface area contributed by atoms with Crippen molar-refractivity contribution in [1.82, 2.24) is 20.4 Å². The number of nitrogens with one attached hydrogen (secondary N) is 1. The molecule has 2 aromatic heterocycles. The lowest BCUT2D eigenvalue weighted by Gasteiger charge is -2.31. The smallest absolute Gasteiger partial charge is 0.263 e. The highest BCUT2D eigenvalue weighted by Gasteiger charge is 2.21. The molecule has 0 bridgehead atoms. The number of nitrogens with zero attached hydrogens (tertiary/aromatic N) is 4. The van der Waals surface area contributed by atoms with Crippen molar-refractivity contribution in [1.29, 1.82) is 0 Å². The average Bonchev–Trinajstić information content (AvgIpc) is 2.90. The average molecular weight is 289 g/mol. The molecule has 3 rings (SSSR count). The van der Waals surface area contributed by atoms with Crippen molar-refractivity contribution in [3.05, 3.63) is 12.0 Å². The van der Waals surface area contributed by atoms with E-state index in [1.165, 1.54) is 19.3 Å². The first kappa shape index (κ1) is 14.3. The van der Waals surface area contributed by atoms with E-state index in [2.05, 4.69) is 32.3 Å². The fourth-order valence-electron chi connectivity index (χ4n) is 3.04. The van der Waals surface area contributed by atoms with E-state index in [1.807, 2.05) is 6.92 Å². The summed E-state index contributed by atoms with van der Waals surface area (Å²) in [5, 5.41) is 8.58. The molecule has 1 atom stereocenters. The summed E-state index contributed by atoms with van der Waals surface area (Å²) in [5.41, 5.74) is 1.44. The van der Waals surface area contributed by atoms with Crippen LogP contribution in [0.3, 0.4) is 0 Å². The molecule has 1 aliphatic heterocycles. The molecule has 3 heterocycles. The van der Waals surface area contributed by atoms with E-state index in [9.17, 15) is 0 Å². The Balaban J connectivity index is 1.89. The number of aryl methyl sites for hydroxylation is 1. The molecule has 1 aliphatic rings. The molecule has 1 N–H and O–H groups in total. The van der Waals surface area contributed by atoms with Crippen molar-refractivity contribution < 1.29 is 4.52 Å². The van der Waals surface area contributed by atoms with Gasteiger partial charge in [0.2, 0.25) is 0 Å². The SMILES string of the molecule is CCCN(CC1CCCCN1)c1ncnc2onc(C)c12. The van der Waals surface area contributed by atoms with Crippen LogP contribution in [0.5, 0.6) is 0 Å². The Morgan fingerprint density at radius 2 is 2.29 bits per heavy atom. The fourth-order valence-corrected chi connectivity index (χ4v) is 3.04. The predicted molar refractivity (Wildman–Crippen MR) is 82.5 cm³/mol. The molecule has 114 valence electrons. The lowest BCUT2D eigenvalue weighted by atomic mass is 10.0. The minimum Gasteiger partial charge on any atom is -0.354 e. The van der Waals surface area contributed by atoms with Crippen LogP contribution in [0.25, 0.3) is 11.1 Å². The van der Waals surface area contributed by atoms with Gasteiger partial charge in [-0.3, -0.25) is 0 Å². The monoisotopic (exact) mass is 289 g/mol. The first-order valence-corrected chi connectivity index (χ1v) is 7.85. The van der Waals surface area contributed by atoms with Crippen molar-refractivity contribution in [2.45, 2.75) is 45.6 Å². The number of aromatic nitrogens is 3. The van der Waals surface area contributed by atoms with Crippen molar-refractivity contribution >= 4 is 16.9 Å². The molecule has 21 heavy (non-hydrogen) atoms. The normalized spacial score (nSPS) is 19.0. The molecule has 1 unspecified atom stereocenters. The Labute approximate surface area is 124 Å². The first-order chi connectivity index (χ1) is 10.3. The number of piperidine rings is 1. The van der Waals surface area contributed by atoms with E-state index in [0.717, 1.165) is 43.0 Å². The Bertz CT molecular complexity index is 591. The van der Waals surface area contributed by atoms with Gasteiger partial charge in [0.05, 0.1) is 5.69 Å². The third-order valence-electron chi connectivity index (χ3n) is 4.07. The van der Waals surface area contributed by atoms with E-state index in [-0.39, 0.29) is 0 Å². The fraction of sp³-hybridized carbons (Fsp3) is 0.667. The Kier molecular flexibility index (Phi) is 4.34. The van der Waals surface area contributed by atoms with Gasteiger partial charge in [-0.1, -0.05) is 18.5 Å². The van der Waals surface area contributed by atoms with Crippen molar-refractivity contribution in [3.8, 4) is 0 Å². The quantitative estimate of drug-likeness (QED) is 0.911.